The molecule has 0 radical (unpaired) electrons. The topological polar surface area (TPSA) is 109 Å². The number of hydrogen-bond acceptors (Lipinski definition) is 9. The minimum atomic E-state index is 0.173. The second kappa shape index (κ2) is 9.25. The largest absolute Gasteiger partial charge is 0.493 e. The number of morpholine rings is 1. The average Bonchev–Trinajstić information content (AvgIpc) is 2.87. The van der Waals surface area contributed by atoms with Gasteiger partial charge in [-0.2, -0.15) is 9.97 Å². The first kappa shape index (κ1) is 20.9. The van der Waals surface area contributed by atoms with Gasteiger partial charge in [-0.1, -0.05) is 30.3 Å². The Morgan fingerprint density at radius 2 is 1.82 bits per heavy atom. The van der Waals surface area contributed by atoms with Gasteiger partial charge in [0.1, 0.15) is 6.61 Å². The van der Waals surface area contributed by atoms with Crippen molar-refractivity contribution in [3.05, 3.63) is 60.3 Å². The number of ether oxygens (including phenoxy) is 3. The predicted octanol–water partition coefficient (Wildman–Crippen LogP) is 3.09. The lowest BCUT2D eigenvalue weighted by atomic mass is 10.1. The quantitative estimate of drug-likeness (QED) is 0.480. The lowest BCUT2D eigenvalue weighted by Crippen LogP contribution is -2.37. The van der Waals surface area contributed by atoms with Crippen LogP contribution in [0.2, 0.25) is 0 Å². The maximum Gasteiger partial charge on any atom is 0.224 e. The SMILES string of the molecule is COc1ccc(-c2cnc3nc(N)nc(N4CCOCC4)c3n2)cc1OCc1ccccc1. The Hall–Kier alpha value is -3.98. The van der Waals surface area contributed by atoms with E-state index >= 15 is 0 Å². The van der Waals surface area contributed by atoms with E-state index in [0.29, 0.717) is 67.1 Å². The van der Waals surface area contributed by atoms with Gasteiger partial charge in [-0.15, -0.1) is 0 Å². The van der Waals surface area contributed by atoms with Crippen LogP contribution >= 0.6 is 0 Å². The van der Waals surface area contributed by atoms with Gasteiger partial charge in [0.25, 0.3) is 0 Å². The summed E-state index contributed by atoms with van der Waals surface area (Å²) in [6.45, 7) is 3.09. The third-order valence-corrected chi connectivity index (χ3v) is 5.41. The molecule has 9 nitrogen and oxygen atoms in total. The van der Waals surface area contributed by atoms with E-state index in [1.807, 2.05) is 48.5 Å². The highest BCUT2D eigenvalue weighted by Crippen LogP contribution is 2.33. The molecule has 0 bridgehead atoms. The molecule has 5 rings (SSSR count). The average molecular weight is 444 g/mol. The summed E-state index contributed by atoms with van der Waals surface area (Å²) in [6, 6.07) is 15.7. The molecule has 33 heavy (non-hydrogen) atoms. The molecule has 9 heteroatoms. The normalized spacial score (nSPS) is 13.8. The van der Waals surface area contributed by atoms with Crippen molar-refractivity contribution in [1.29, 1.82) is 0 Å². The Labute approximate surface area is 191 Å². The Morgan fingerprint density at radius 3 is 2.61 bits per heavy atom. The Morgan fingerprint density at radius 1 is 1.00 bits per heavy atom. The van der Waals surface area contributed by atoms with Gasteiger partial charge in [0.05, 0.1) is 32.2 Å². The van der Waals surface area contributed by atoms with E-state index in [9.17, 15) is 0 Å². The summed E-state index contributed by atoms with van der Waals surface area (Å²) in [4.78, 5) is 20.2. The van der Waals surface area contributed by atoms with Crippen LogP contribution in [0.15, 0.2) is 54.7 Å². The monoisotopic (exact) mass is 444 g/mol. The van der Waals surface area contributed by atoms with Crippen molar-refractivity contribution in [2.45, 2.75) is 6.61 Å². The molecule has 3 heterocycles. The Kier molecular flexibility index (Phi) is 5.86. The van der Waals surface area contributed by atoms with Crippen LogP contribution in [0.1, 0.15) is 5.56 Å². The van der Waals surface area contributed by atoms with E-state index in [1.54, 1.807) is 13.3 Å². The molecule has 2 aromatic heterocycles. The molecule has 2 N–H and O–H groups in total. The lowest BCUT2D eigenvalue weighted by Gasteiger charge is -2.28. The van der Waals surface area contributed by atoms with Gasteiger partial charge >= 0.3 is 0 Å². The number of rotatable bonds is 6. The fourth-order valence-electron chi connectivity index (χ4n) is 3.73. The molecule has 0 unspecified atom stereocenters. The van der Waals surface area contributed by atoms with Crippen LogP contribution in [0.25, 0.3) is 22.4 Å². The van der Waals surface area contributed by atoms with Gasteiger partial charge in [-0.25, -0.2) is 9.97 Å². The first-order valence-corrected chi connectivity index (χ1v) is 10.7. The fourth-order valence-corrected chi connectivity index (χ4v) is 3.73. The van der Waals surface area contributed by atoms with E-state index in [0.717, 1.165) is 11.1 Å². The number of fused-ring (bicyclic) bond motifs is 1. The first-order valence-electron chi connectivity index (χ1n) is 10.7. The molecule has 4 aromatic rings. The molecule has 1 saturated heterocycles. The van der Waals surface area contributed by atoms with Crippen LogP contribution in [-0.2, 0) is 11.3 Å². The summed E-state index contributed by atoms with van der Waals surface area (Å²) in [5.74, 6) is 2.12. The van der Waals surface area contributed by atoms with Gasteiger partial charge in [-0.3, -0.25) is 0 Å². The number of anilines is 2. The van der Waals surface area contributed by atoms with Gasteiger partial charge in [0.2, 0.25) is 5.95 Å². The van der Waals surface area contributed by atoms with E-state index in [4.69, 9.17) is 24.9 Å². The molecule has 2 aromatic carbocycles. The van der Waals surface area contributed by atoms with Gasteiger partial charge < -0.3 is 24.8 Å². The summed E-state index contributed by atoms with van der Waals surface area (Å²) < 4.78 is 17.0. The highest BCUT2D eigenvalue weighted by Gasteiger charge is 2.19. The first-order chi connectivity index (χ1) is 16.2. The van der Waals surface area contributed by atoms with Crippen LogP contribution < -0.4 is 20.1 Å². The van der Waals surface area contributed by atoms with E-state index in [1.165, 1.54) is 0 Å². The van der Waals surface area contributed by atoms with Crippen LogP contribution in [0.5, 0.6) is 11.5 Å². The van der Waals surface area contributed by atoms with Gasteiger partial charge in [-0.05, 0) is 23.8 Å². The summed E-state index contributed by atoms with van der Waals surface area (Å²) >= 11 is 0. The van der Waals surface area contributed by atoms with Crippen LogP contribution in [0, 0.1) is 0 Å². The van der Waals surface area contributed by atoms with E-state index in [2.05, 4.69) is 19.9 Å². The minimum absolute atomic E-state index is 0.173. The maximum atomic E-state index is 6.06. The summed E-state index contributed by atoms with van der Waals surface area (Å²) in [6.07, 6.45) is 1.68. The minimum Gasteiger partial charge on any atom is -0.493 e. The third-order valence-electron chi connectivity index (χ3n) is 5.41. The summed E-state index contributed by atoms with van der Waals surface area (Å²) in [5, 5.41) is 0. The number of hydrogen-bond donors (Lipinski definition) is 1. The van der Waals surface area contributed by atoms with Crippen molar-refractivity contribution >= 4 is 22.9 Å². The van der Waals surface area contributed by atoms with Crippen molar-refractivity contribution in [3.8, 4) is 22.8 Å². The zero-order chi connectivity index (χ0) is 22.6. The number of nitrogens with zero attached hydrogens (tertiary/aromatic N) is 5. The number of nitrogen functional groups attached to an aromatic ring is 1. The summed E-state index contributed by atoms with van der Waals surface area (Å²) in [5.41, 5.74) is 9.59. The highest BCUT2D eigenvalue weighted by molar-refractivity contribution is 5.85. The van der Waals surface area contributed by atoms with Crippen LogP contribution in [0.4, 0.5) is 11.8 Å². The van der Waals surface area contributed by atoms with Crippen molar-refractivity contribution < 1.29 is 14.2 Å². The molecule has 168 valence electrons. The zero-order valence-corrected chi connectivity index (χ0v) is 18.3. The number of benzene rings is 2. The maximum absolute atomic E-state index is 6.06. The third kappa shape index (κ3) is 4.49. The molecular formula is C24H24N6O3. The molecule has 1 aliphatic rings. The summed E-state index contributed by atoms with van der Waals surface area (Å²) in [7, 11) is 1.62. The van der Waals surface area contributed by atoms with E-state index < -0.39 is 0 Å². The zero-order valence-electron chi connectivity index (χ0n) is 18.3. The Balaban J connectivity index is 1.51. The van der Waals surface area contributed by atoms with Gasteiger partial charge in [0.15, 0.2) is 28.5 Å². The molecular weight excluding hydrogens is 420 g/mol. The number of methoxy groups -OCH3 is 1. The number of nitrogens with two attached hydrogens (primary N) is 1. The second-order valence-electron chi connectivity index (χ2n) is 7.57. The van der Waals surface area contributed by atoms with Crippen molar-refractivity contribution in [1.82, 2.24) is 19.9 Å². The van der Waals surface area contributed by atoms with Crippen molar-refractivity contribution in [2.24, 2.45) is 0 Å². The molecule has 1 fully saturated rings. The molecule has 0 amide bonds. The number of aromatic nitrogens is 4. The molecule has 0 atom stereocenters. The Bertz CT molecular complexity index is 1260. The molecule has 1 aliphatic heterocycles. The smallest absolute Gasteiger partial charge is 0.224 e. The van der Waals surface area contributed by atoms with Gasteiger partial charge in [0, 0.05) is 18.7 Å². The lowest BCUT2D eigenvalue weighted by molar-refractivity contribution is 0.122. The molecule has 0 aliphatic carbocycles. The highest BCUT2D eigenvalue weighted by atomic mass is 16.5. The second-order valence-corrected chi connectivity index (χ2v) is 7.57. The standard InChI is InChI=1S/C24H24N6O3/c1-31-19-8-7-17(13-20(19)33-15-16-5-3-2-4-6-16)18-14-26-22-21(27-18)23(29-24(25)28-22)30-9-11-32-12-10-30/h2-8,13-14H,9-12,15H2,1H3,(H2,25,26,28,29). The van der Waals surface area contributed by atoms with Crippen molar-refractivity contribution in [2.75, 3.05) is 44.0 Å². The fraction of sp³-hybridized carbons (Fsp3) is 0.250. The van der Waals surface area contributed by atoms with Crippen LogP contribution in [-0.4, -0.2) is 53.3 Å². The predicted molar refractivity (Wildman–Crippen MR) is 125 cm³/mol. The molecule has 0 spiro atoms. The van der Waals surface area contributed by atoms with Crippen LogP contribution in [0.3, 0.4) is 0 Å². The van der Waals surface area contributed by atoms with E-state index in [-0.39, 0.29) is 5.95 Å². The van der Waals surface area contributed by atoms with Crippen molar-refractivity contribution in [3.63, 3.8) is 0 Å². The molecule has 0 saturated carbocycles.